The molecule has 21 heavy (non-hydrogen) atoms. The summed E-state index contributed by atoms with van der Waals surface area (Å²) in [5.74, 6) is 1.35. The van der Waals surface area contributed by atoms with E-state index in [-0.39, 0.29) is 17.8 Å². The molecule has 1 aromatic rings. The van der Waals surface area contributed by atoms with E-state index in [1.54, 1.807) is 0 Å². The molecule has 1 aliphatic rings. The molecule has 6 heteroatoms. The second-order valence-electron chi connectivity index (χ2n) is 5.83. The lowest BCUT2D eigenvalue weighted by atomic mass is 9.80. The van der Waals surface area contributed by atoms with Gasteiger partial charge in [0.2, 0.25) is 5.88 Å². The van der Waals surface area contributed by atoms with Crippen LogP contribution in [0.2, 0.25) is 0 Å². The summed E-state index contributed by atoms with van der Waals surface area (Å²) in [5.41, 5.74) is -0.742. The van der Waals surface area contributed by atoms with Crippen molar-refractivity contribution in [2.24, 2.45) is 11.8 Å². The number of pyridine rings is 1. The van der Waals surface area contributed by atoms with Crippen molar-refractivity contribution in [3.8, 4) is 5.88 Å². The van der Waals surface area contributed by atoms with Crippen molar-refractivity contribution < 1.29 is 17.9 Å². The third-order valence-electron chi connectivity index (χ3n) is 4.22. The summed E-state index contributed by atoms with van der Waals surface area (Å²) in [6, 6.07) is 1.96. The van der Waals surface area contributed by atoms with Crippen LogP contribution in [0.3, 0.4) is 0 Å². The fraction of sp³-hybridized carbons (Fsp3) is 0.667. The molecule has 3 nitrogen and oxygen atoms in total. The number of rotatable bonds is 3. The van der Waals surface area contributed by atoms with Crippen molar-refractivity contribution in [1.82, 2.24) is 4.98 Å². The number of aromatic nitrogens is 1. The lowest BCUT2D eigenvalue weighted by molar-refractivity contribution is -0.137. The minimum absolute atomic E-state index is 0.0425. The number of nitrogens with zero attached hydrogens (tertiary/aromatic N) is 1. The van der Waals surface area contributed by atoms with Gasteiger partial charge in [0.25, 0.3) is 0 Å². The number of ether oxygens (including phenoxy) is 1. The number of alkyl halides is 3. The monoisotopic (exact) mass is 302 g/mol. The average molecular weight is 302 g/mol. The fourth-order valence-electron chi connectivity index (χ4n) is 2.63. The molecule has 2 rings (SSSR count). The molecule has 0 radical (unpaired) electrons. The van der Waals surface area contributed by atoms with E-state index in [2.05, 4.69) is 24.1 Å². The summed E-state index contributed by atoms with van der Waals surface area (Å²) >= 11 is 0. The van der Waals surface area contributed by atoms with E-state index in [0.717, 1.165) is 31.4 Å². The Hall–Kier alpha value is -1.46. The third-order valence-corrected chi connectivity index (χ3v) is 4.22. The lowest BCUT2D eigenvalue weighted by Gasteiger charge is -2.32. The second-order valence-corrected chi connectivity index (χ2v) is 5.83. The van der Waals surface area contributed by atoms with E-state index in [4.69, 9.17) is 4.74 Å². The summed E-state index contributed by atoms with van der Waals surface area (Å²) < 4.78 is 44.3. The van der Waals surface area contributed by atoms with Crippen LogP contribution in [-0.4, -0.2) is 18.1 Å². The van der Waals surface area contributed by atoms with Gasteiger partial charge in [-0.05, 0) is 37.2 Å². The first-order valence-corrected chi connectivity index (χ1v) is 7.23. The van der Waals surface area contributed by atoms with E-state index >= 15 is 0 Å². The topological polar surface area (TPSA) is 34.1 Å². The Morgan fingerprint density at radius 2 is 1.90 bits per heavy atom. The van der Waals surface area contributed by atoms with E-state index in [0.29, 0.717) is 11.8 Å². The molecule has 0 bridgehead atoms. The minimum atomic E-state index is -4.40. The number of nitrogens with one attached hydrogen (secondary N) is 1. The predicted molar refractivity (Wildman–Crippen MR) is 75.4 cm³/mol. The van der Waals surface area contributed by atoms with Gasteiger partial charge in [0.05, 0.1) is 5.56 Å². The van der Waals surface area contributed by atoms with E-state index < -0.39 is 11.7 Å². The van der Waals surface area contributed by atoms with Crippen LogP contribution in [0.25, 0.3) is 0 Å². The van der Waals surface area contributed by atoms with E-state index in [1.807, 2.05) is 0 Å². The Labute approximate surface area is 122 Å². The van der Waals surface area contributed by atoms with E-state index in [9.17, 15) is 13.2 Å². The summed E-state index contributed by atoms with van der Waals surface area (Å²) in [5, 5.41) is 2.64. The summed E-state index contributed by atoms with van der Waals surface area (Å²) in [7, 11) is 1.54. The molecule has 0 amide bonds. The number of anilines is 1. The molecule has 0 spiro atoms. The first kappa shape index (κ1) is 15.9. The Morgan fingerprint density at radius 1 is 1.19 bits per heavy atom. The van der Waals surface area contributed by atoms with Crippen LogP contribution in [0.15, 0.2) is 12.1 Å². The van der Waals surface area contributed by atoms with Crippen LogP contribution >= 0.6 is 0 Å². The highest BCUT2D eigenvalue weighted by molar-refractivity contribution is 5.42. The fourth-order valence-corrected chi connectivity index (χ4v) is 2.63. The Bertz CT molecular complexity index is 490. The zero-order valence-corrected chi connectivity index (χ0v) is 12.5. The zero-order chi connectivity index (χ0) is 15.6. The van der Waals surface area contributed by atoms with Crippen LogP contribution in [-0.2, 0) is 6.18 Å². The maximum absolute atomic E-state index is 12.9. The number of hydrogen-bond acceptors (Lipinski definition) is 3. The number of hydrogen-bond donors (Lipinski definition) is 1. The SMILES string of the molecule is CNc1cc(C(F)(F)F)cc(OC2CCC(C)C(C)C2)n1. The van der Waals surface area contributed by atoms with Crippen molar-refractivity contribution in [2.45, 2.75) is 45.4 Å². The van der Waals surface area contributed by atoms with Gasteiger partial charge in [0.1, 0.15) is 11.9 Å². The van der Waals surface area contributed by atoms with Gasteiger partial charge in [-0.1, -0.05) is 13.8 Å². The molecule has 1 aromatic heterocycles. The molecule has 1 aliphatic carbocycles. The lowest BCUT2D eigenvalue weighted by Crippen LogP contribution is -2.29. The van der Waals surface area contributed by atoms with Crippen LogP contribution in [0.4, 0.5) is 19.0 Å². The predicted octanol–water partition coefficient (Wildman–Crippen LogP) is 4.35. The van der Waals surface area contributed by atoms with Crippen molar-refractivity contribution in [3.63, 3.8) is 0 Å². The molecule has 3 unspecified atom stereocenters. The van der Waals surface area contributed by atoms with Gasteiger partial charge < -0.3 is 10.1 Å². The Balaban J connectivity index is 2.16. The van der Waals surface area contributed by atoms with Crippen molar-refractivity contribution in [3.05, 3.63) is 17.7 Å². The van der Waals surface area contributed by atoms with Crippen molar-refractivity contribution >= 4 is 5.82 Å². The molecule has 1 saturated carbocycles. The molecule has 1 fully saturated rings. The van der Waals surface area contributed by atoms with Gasteiger partial charge >= 0.3 is 6.18 Å². The average Bonchev–Trinajstić information content (AvgIpc) is 2.41. The van der Waals surface area contributed by atoms with Crippen molar-refractivity contribution in [2.75, 3.05) is 12.4 Å². The van der Waals surface area contributed by atoms with Crippen LogP contribution in [0, 0.1) is 11.8 Å². The van der Waals surface area contributed by atoms with Gasteiger partial charge in [0, 0.05) is 13.1 Å². The highest BCUT2D eigenvalue weighted by atomic mass is 19.4. The molecule has 1 N–H and O–H groups in total. The zero-order valence-electron chi connectivity index (χ0n) is 12.5. The molecular formula is C15H21F3N2O. The normalized spacial score (nSPS) is 26.5. The first-order valence-electron chi connectivity index (χ1n) is 7.23. The van der Waals surface area contributed by atoms with Gasteiger partial charge in [-0.25, -0.2) is 0 Å². The molecule has 1 heterocycles. The molecule has 0 saturated heterocycles. The van der Waals surface area contributed by atoms with Gasteiger partial charge in [0.15, 0.2) is 0 Å². The van der Waals surface area contributed by atoms with E-state index in [1.165, 1.54) is 7.05 Å². The summed E-state index contributed by atoms with van der Waals surface area (Å²) in [6.45, 7) is 4.35. The smallest absolute Gasteiger partial charge is 0.416 e. The largest absolute Gasteiger partial charge is 0.474 e. The standard InChI is InChI=1S/C15H21F3N2O/c1-9-4-5-12(6-10(9)2)21-14-8-11(15(16,17)18)7-13(19-3)20-14/h7-10,12H,4-6H2,1-3H3,(H,19,20). The Kier molecular flexibility index (Phi) is 4.64. The number of halogens is 3. The van der Waals surface area contributed by atoms with Gasteiger partial charge in [-0.3, -0.25) is 0 Å². The highest BCUT2D eigenvalue weighted by Gasteiger charge is 2.32. The minimum Gasteiger partial charge on any atom is -0.474 e. The molecule has 0 aliphatic heterocycles. The van der Waals surface area contributed by atoms with Crippen molar-refractivity contribution in [1.29, 1.82) is 0 Å². The quantitative estimate of drug-likeness (QED) is 0.901. The van der Waals surface area contributed by atoms with Crippen LogP contribution < -0.4 is 10.1 Å². The first-order chi connectivity index (χ1) is 9.79. The molecule has 118 valence electrons. The molecule has 3 atom stereocenters. The van der Waals surface area contributed by atoms with Gasteiger partial charge in [-0.15, -0.1) is 0 Å². The summed E-state index contributed by atoms with van der Waals surface area (Å²) in [4.78, 5) is 4.07. The highest BCUT2D eigenvalue weighted by Crippen LogP contribution is 2.35. The van der Waals surface area contributed by atoms with Crippen LogP contribution in [0.1, 0.15) is 38.7 Å². The van der Waals surface area contributed by atoms with Gasteiger partial charge in [-0.2, -0.15) is 18.2 Å². The Morgan fingerprint density at radius 3 is 2.48 bits per heavy atom. The maximum Gasteiger partial charge on any atom is 0.416 e. The third kappa shape index (κ3) is 4.02. The molecule has 0 aromatic carbocycles. The maximum atomic E-state index is 12.9. The second kappa shape index (κ2) is 6.12. The molecular weight excluding hydrogens is 281 g/mol. The van der Waals surface area contributed by atoms with Crippen LogP contribution in [0.5, 0.6) is 5.88 Å². The summed E-state index contributed by atoms with van der Waals surface area (Å²) in [6.07, 6.45) is -1.71.